The molecule has 0 saturated carbocycles. The van der Waals surface area contributed by atoms with Crippen molar-refractivity contribution in [1.29, 1.82) is 0 Å². The number of aryl methyl sites for hydroxylation is 1. The van der Waals surface area contributed by atoms with E-state index >= 15 is 0 Å². The van der Waals surface area contributed by atoms with Crippen LogP contribution in [0.25, 0.3) is 0 Å². The fourth-order valence-corrected chi connectivity index (χ4v) is 1.97. The van der Waals surface area contributed by atoms with Gasteiger partial charge in [-0.3, -0.25) is 9.48 Å². The van der Waals surface area contributed by atoms with E-state index in [0.29, 0.717) is 10.6 Å². The van der Waals surface area contributed by atoms with Crippen LogP contribution < -0.4 is 0 Å². The number of carbonyl (C=O) groups excluding carboxylic acids is 1. The molecular weight excluding hydrogens is 248 g/mol. The van der Waals surface area contributed by atoms with Crippen molar-refractivity contribution in [2.45, 2.75) is 26.3 Å². The molecule has 0 bridgehead atoms. The van der Waals surface area contributed by atoms with Gasteiger partial charge >= 0.3 is 0 Å². The number of carbonyl (C=O) groups is 1. The van der Waals surface area contributed by atoms with Crippen molar-refractivity contribution in [3.8, 4) is 0 Å². The van der Waals surface area contributed by atoms with Crippen LogP contribution in [0.3, 0.4) is 0 Å². The Morgan fingerprint density at radius 2 is 2.06 bits per heavy atom. The van der Waals surface area contributed by atoms with E-state index in [9.17, 15) is 4.79 Å². The summed E-state index contributed by atoms with van der Waals surface area (Å²) in [5.74, 6) is 0.0396. The largest absolute Gasteiger partial charge is 0.292 e. The summed E-state index contributed by atoms with van der Waals surface area (Å²) in [6, 6.07) is 7.76. The summed E-state index contributed by atoms with van der Waals surface area (Å²) in [5, 5.41) is 4.53. The van der Waals surface area contributed by atoms with Gasteiger partial charge in [-0.15, -0.1) is 0 Å². The van der Waals surface area contributed by atoms with Crippen LogP contribution in [0, 0.1) is 0 Å². The molecule has 94 valence electrons. The Bertz CT molecular complexity index is 531. The summed E-state index contributed by atoms with van der Waals surface area (Å²) in [6.45, 7) is 2.36. The van der Waals surface area contributed by atoms with E-state index in [0.717, 1.165) is 12.8 Å². The summed E-state index contributed by atoms with van der Waals surface area (Å²) >= 11 is 5.75. The van der Waals surface area contributed by atoms with Crippen LogP contribution in [-0.4, -0.2) is 15.6 Å². The number of nitrogens with zero attached hydrogens (tertiary/aromatic N) is 2. The van der Waals surface area contributed by atoms with Gasteiger partial charge in [-0.2, -0.15) is 5.10 Å². The van der Waals surface area contributed by atoms with Gasteiger partial charge in [-0.25, -0.2) is 0 Å². The molecular formula is C14H15ClN2O. The molecule has 0 N–H and O–H groups in total. The number of rotatable bonds is 5. The molecule has 3 nitrogen and oxygen atoms in total. The molecule has 0 aliphatic rings. The van der Waals surface area contributed by atoms with Gasteiger partial charge in [0.2, 0.25) is 0 Å². The molecule has 0 atom stereocenters. The number of hydrogen-bond acceptors (Lipinski definition) is 2. The average molecular weight is 263 g/mol. The maximum atomic E-state index is 12.0. The van der Waals surface area contributed by atoms with Crippen LogP contribution in [0.15, 0.2) is 36.7 Å². The molecule has 0 amide bonds. The van der Waals surface area contributed by atoms with Crippen molar-refractivity contribution in [1.82, 2.24) is 9.78 Å². The predicted octanol–water partition coefficient (Wildman–Crippen LogP) is 3.37. The van der Waals surface area contributed by atoms with E-state index in [-0.39, 0.29) is 12.3 Å². The zero-order valence-corrected chi connectivity index (χ0v) is 11.0. The highest BCUT2D eigenvalue weighted by molar-refractivity contribution is 6.30. The molecule has 1 aromatic carbocycles. The molecule has 0 aliphatic heterocycles. The van der Waals surface area contributed by atoms with Gasteiger partial charge < -0.3 is 0 Å². The molecule has 0 fully saturated rings. The summed E-state index contributed by atoms with van der Waals surface area (Å²) in [5.41, 5.74) is 1.97. The van der Waals surface area contributed by atoms with Crippen LogP contribution >= 0.6 is 11.6 Å². The van der Waals surface area contributed by atoms with Crippen molar-refractivity contribution in [2.75, 3.05) is 0 Å². The highest BCUT2D eigenvalue weighted by Crippen LogP contribution is 2.09. The molecule has 0 saturated heterocycles. The standard InChI is InChI=1S/C14H15ClN2O/c1-2-3-11-4-6-12(7-5-11)14(18)10-17-9-13(15)8-16-17/h4-9H,2-3,10H2,1H3. The summed E-state index contributed by atoms with van der Waals surface area (Å²) in [7, 11) is 0. The monoisotopic (exact) mass is 262 g/mol. The molecule has 18 heavy (non-hydrogen) atoms. The van der Waals surface area contributed by atoms with E-state index < -0.39 is 0 Å². The topological polar surface area (TPSA) is 34.9 Å². The third-order valence-electron chi connectivity index (χ3n) is 2.72. The Kier molecular flexibility index (Phi) is 4.15. The van der Waals surface area contributed by atoms with Crippen LogP contribution in [0.2, 0.25) is 5.02 Å². The van der Waals surface area contributed by atoms with Gasteiger partial charge in [-0.1, -0.05) is 49.2 Å². The third-order valence-corrected chi connectivity index (χ3v) is 2.92. The van der Waals surface area contributed by atoms with E-state index in [1.165, 1.54) is 11.8 Å². The van der Waals surface area contributed by atoms with Crippen molar-refractivity contribution >= 4 is 17.4 Å². The van der Waals surface area contributed by atoms with Gasteiger partial charge in [0.1, 0.15) is 6.54 Å². The zero-order valence-electron chi connectivity index (χ0n) is 10.3. The smallest absolute Gasteiger partial charge is 0.184 e. The van der Waals surface area contributed by atoms with Gasteiger partial charge in [0.25, 0.3) is 0 Å². The number of benzene rings is 1. The van der Waals surface area contributed by atoms with Gasteiger partial charge in [0.15, 0.2) is 5.78 Å². The minimum Gasteiger partial charge on any atom is -0.292 e. The first kappa shape index (κ1) is 12.8. The highest BCUT2D eigenvalue weighted by atomic mass is 35.5. The molecule has 2 aromatic rings. The second-order valence-corrected chi connectivity index (χ2v) is 4.66. The van der Waals surface area contributed by atoms with Crippen LogP contribution in [0.4, 0.5) is 0 Å². The summed E-state index contributed by atoms with van der Waals surface area (Å²) in [4.78, 5) is 12.0. The van der Waals surface area contributed by atoms with Crippen LogP contribution in [0.1, 0.15) is 29.3 Å². The molecule has 0 aliphatic carbocycles. The van der Waals surface area contributed by atoms with Crippen molar-refractivity contribution in [3.05, 3.63) is 52.8 Å². The second kappa shape index (κ2) is 5.83. The average Bonchev–Trinajstić information content (AvgIpc) is 2.76. The maximum absolute atomic E-state index is 12.0. The van der Waals surface area contributed by atoms with E-state index in [1.807, 2.05) is 24.3 Å². The fraction of sp³-hybridized carbons (Fsp3) is 0.286. The molecule has 0 unspecified atom stereocenters. The molecule has 0 spiro atoms. The Labute approximate surface area is 111 Å². The second-order valence-electron chi connectivity index (χ2n) is 4.23. The van der Waals surface area contributed by atoms with Gasteiger partial charge in [0, 0.05) is 11.8 Å². The molecule has 1 aromatic heterocycles. The van der Waals surface area contributed by atoms with E-state index in [2.05, 4.69) is 12.0 Å². The van der Waals surface area contributed by atoms with Gasteiger partial charge in [-0.05, 0) is 12.0 Å². The number of hydrogen-bond donors (Lipinski definition) is 0. The lowest BCUT2D eigenvalue weighted by Gasteiger charge is -2.03. The zero-order chi connectivity index (χ0) is 13.0. The molecule has 2 rings (SSSR count). The first-order valence-electron chi connectivity index (χ1n) is 5.99. The Morgan fingerprint density at radius 1 is 1.33 bits per heavy atom. The Morgan fingerprint density at radius 3 is 2.61 bits per heavy atom. The molecule has 0 radical (unpaired) electrons. The summed E-state index contributed by atoms with van der Waals surface area (Å²) < 4.78 is 1.55. The fourth-order valence-electron chi connectivity index (χ4n) is 1.81. The quantitative estimate of drug-likeness (QED) is 0.775. The Balaban J connectivity index is 2.04. The lowest BCUT2D eigenvalue weighted by atomic mass is 10.1. The lowest BCUT2D eigenvalue weighted by molar-refractivity contribution is 0.0967. The lowest BCUT2D eigenvalue weighted by Crippen LogP contribution is -2.10. The van der Waals surface area contributed by atoms with Crippen LogP contribution in [0.5, 0.6) is 0 Å². The minimum absolute atomic E-state index is 0.0396. The number of Topliss-reactive ketones (excluding diaryl/α,β-unsaturated/α-hetero) is 1. The SMILES string of the molecule is CCCc1ccc(C(=O)Cn2cc(Cl)cn2)cc1. The van der Waals surface area contributed by atoms with Crippen molar-refractivity contribution < 1.29 is 4.79 Å². The van der Waals surface area contributed by atoms with E-state index in [1.54, 1.807) is 10.9 Å². The van der Waals surface area contributed by atoms with Crippen LogP contribution in [-0.2, 0) is 13.0 Å². The molecule has 4 heteroatoms. The van der Waals surface area contributed by atoms with Crippen molar-refractivity contribution in [3.63, 3.8) is 0 Å². The predicted molar refractivity (Wildman–Crippen MR) is 72.0 cm³/mol. The normalized spacial score (nSPS) is 10.6. The van der Waals surface area contributed by atoms with E-state index in [4.69, 9.17) is 11.6 Å². The Hall–Kier alpha value is -1.61. The maximum Gasteiger partial charge on any atom is 0.184 e. The van der Waals surface area contributed by atoms with Crippen molar-refractivity contribution in [2.24, 2.45) is 0 Å². The first-order valence-corrected chi connectivity index (χ1v) is 6.37. The first-order chi connectivity index (χ1) is 8.69. The third kappa shape index (κ3) is 3.20. The molecule has 1 heterocycles. The number of aromatic nitrogens is 2. The summed E-state index contributed by atoms with van der Waals surface area (Å²) in [6.07, 6.45) is 5.33. The minimum atomic E-state index is 0.0396. The van der Waals surface area contributed by atoms with Gasteiger partial charge in [0.05, 0.1) is 11.2 Å². The number of halogens is 1. The highest BCUT2D eigenvalue weighted by Gasteiger charge is 2.07. The number of ketones is 1.